The van der Waals surface area contributed by atoms with Crippen LogP contribution in [0.2, 0.25) is 0 Å². The Morgan fingerprint density at radius 3 is 2.92 bits per heavy atom. The van der Waals surface area contributed by atoms with E-state index in [9.17, 15) is 4.39 Å². The molecule has 1 atom stereocenters. The molecule has 0 bridgehead atoms. The number of hydrogen-bond donors (Lipinski definition) is 0. The Morgan fingerprint density at radius 2 is 2.12 bits per heavy atom. The van der Waals surface area contributed by atoms with Gasteiger partial charge in [-0.1, -0.05) is 0 Å². The Labute approximate surface area is 138 Å². The van der Waals surface area contributed by atoms with Crippen molar-refractivity contribution >= 4 is 0 Å². The van der Waals surface area contributed by atoms with E-state index in [-0.39, 0.29) is 5.82 Å². The fourth-order valence-electron chi connectivity index (χ4n) is 3.17. The number of nitrogens with zero attached hydrogens (tertiary/aromatic N) is 5. The molecular formula is C17H18FN5O. The van der Waals surface area contributed by atoms with E-state index in [4.69, 9.17) is 4.42 Å². The lowest BCUT2D eigenvalue weighted by Gasteiger charge is -2.23. The third kappa shape index (κ3) is 3.21. The SMILES string of the molecule is Fc1ccc(-c2nc(CN3CCCC3Cn3cncn3)co2)cc1. The first-order valence-corrected chi connectivity index (χ1v) is 8.05. The molecule has 0 spiro atoms. The summed E-state index contributed by atoms with van der Waals surface area (Å²) in [7, 11) is 0. The molecule has 3 heterocycles. The van der Waals surface area contributed by atoms with Gasteiger partial charge in [0.1, 0.15) is 24.7 Å². The van der Waals surface area contributed by atoms with Crippen LogP contribution in [0.4, 0.5) is 4.39 Å². The first-order valence-electron chi connectivity index (χ1n) is 8.05. The van der Waals surface area contributed by atoms with Crippen LogP contribution in [0.3, 0.4) is 0 Å². The minimum absolute atomic E-state index is 0.265. The van der Waals surface area contributed by atoms with Crippen molar-refractivity contribution in [1.82, 2.24) is 24.6 Å². The molecule has 3 aromatic rings. The molecule has 2 aromatic heterocycles. The second kappa shape index (κ2) is 6.52. The highest BCUT2D eigenvalue weighted by atomic mass is 19.1. The van der Waals surface area contributed by atoms with Crippen molar-refractivity contribution in [2.75, 3.05) is 6.54 Å². The number of halogens is 1. The summed E-state index contributed by atoms with van der Waals surface area (Å²) in [5, 5.41) is 4.19. The predicted molar refractivity (Wildman–Crippen MR) is 85.4 cm³/mol. The smallest absolute Gasteiger partial charge is 0.226 e. The standard InChI is InChI=1S/C17H18FN5O/c18-14-5-3-13(4-6-14)17-21-15(10-24-17)8-22-7-1-2-16(22)9-23-12-19-11-20-23/h3-6,10-12,16H,1-2,7-9H2. The van der Waals surface area contributed by atoms with Crippen LogP contribution < -0.4 is 0 Å². The topological polar surface area (TPSA) is 60.0 Å². The van der Waals surface area contributed by atoms with E-state index < -0.39 is 0 Å². The molecule has 0 aliphatic carbocycles. The summed E-state index contributed by atoms with van der Waals surface area (Å²) < 4.78 is 20.4. The van der Waals surface area contributed by atoms with Gasteiger partial charge in [-0.2, -0.15) is 5.10 Å². The van der Waals surface area contributed by atoms with Crippen LogP contribution in [0.15, 0.2) is 47.6 Å². The number of likely N-dealkylation sites (tertiary alicyclic amines) is 1. The van der Waals surface area contributed by atoms with E-state index in [1.165, 1.54) is 18.6 Å². The highest BCUT2D eigenvalue weighted by molar-refractivity contribution is 5.52. The molecule has 124 valence electrons. The van der Waals surface area contributed by atoms with Gasteiger partial charge in [-0.05, 0) is 43.7 Å². The second-order valence-corrected chi connectivity index (χ2v) is 6.03. The van der Waals surface area contributed by atoms with Crippen molar-refractivity contribution in [3.8, 4) is 11.5 Å². The molecule has 0 N–H and O–H groups in total. The van der Waals surface area contributed by atoms with Crippen LogP contribution in [0.25, 0.3) is 11.5 Å². The maximum atomic E-state index is 13.0. The fourth-order valence-corrected chi connectivity index (χ4v) is 3.17. The van der Waals surface area contributed by atoms with Gasteiger partial charge in [0, 0.05) is 18.2 Å². The van der Waals surface area contributed by atoms with E-state index in [0.29, 0.717) is 11.9 Å². The van der Waals surface area contributed by atoms with Crippen LogP contribution >= 0.6 is 0 Å². The van der Waals surface area contributed by atoms with Gasteiger partial charge in [0.05, 0.1) is 12.2 Å². The van der Waals surface area contributed by atoms with Crippen LogP contribution in [0.5, 0.6) is 0 Å². The molecule has 1 aliphatic rings. The highest BCUT2D eigenvalue weighted by Crippen LogP contribution is 2.23. The Kier molecular flexibility index (Phi) is 4.08. The zero-order chi connectivity index (χ0) is 16.4. The van der Waals surface area contributed by atoms with Crippen LogP contribution in [-0.4, -0.2) is 37.2 Å². The zero-order valence-corrected chi connectivity index (χ0v) is 13.2. The first-order chi connectivity index (χ1) is 11.8. The average molecular weight is 327 g/mol. The van der Waals surface area contributed by atoms with E-state index >= 15 is 0 Å². The summed E-state index contributed by atoms with van der Waals surface area (Å²) in [5.74, 6) is 0.260. The van der Waals surface area contributed by atoms with Gasteiger partial charge in [0.25, 0.3) is 0 Å². The van der Waals surface area contributed by atoms with Gasteiger partial charge in [-0.15, -0.1) is 0 Å². The van der Waals surface area contributed by atoms with Crippen LogP contribution in [0, 0.1) is 5.82 Å². The maximum Gasteiger partial charge on any atom is 0.226 e. The summed E-state index contributed by atoms with van der Waals surface area (Å²) in [5.41, 5.74) is 1.67. The summed E-state index contributed by atoms with van der Waals surface area (Å²) in [6.45, 7) is 2.62. The van der Waals surface area contributed by atoms with E-state index in [1.807, 2.05) is 4.68 Å². The molecule has 6 nitrogen and oxygen atoms in total. The van der Waals surface area contributed by atoms with Crippen LogP contribution in [0.1, 0.15) is 18.5 Å². The van der Waals surface area contributed by atoms with E-state index in [2.05, 4.69) is 20.0 Å². The summed E-state index contributed by atoms with van der Waals surface area (Å²) in [6.07, 6.45) is 7.30. The molecule has 0 amide bonds. The quantitative estimate of drug-likeness (QED) is 0.721. The van der Waals surface area contributed by atoms with Gasteiger partial charge in [-0.3, -0.25) is 9.58 Å². The Bertz CT molecular complexity index is 784. The van der Waals surface area contributed by atoms with E-state index in [1.54, 1.807) is 31.1 Å². The van der Waals surface area contributed by atoms with Gasteiger partial charge in [0.15, 0.2) is 0 Å². The fraction of sp³-hybridized carbons (Fsp3) is 0.353. The van der Waals surface area contributed by atoms with Gasteiger partial charge >= 0.3 is 0 Å². The van der Waals surface area contributed by atoms with Gasteiger partial charge in [-0.25, -0.2) is 14.4 Å². The van der Waals surface area contributed by atoms with Crippen molar-refractivity contribution in [1.29, 1.82) is 0 Å². The minimum atomic E-state index is -0.265. The number of hydrogen-bond acceptors (Lipinski definition) is 5. The largest absolute Gasteiger partial charge is 0.444 e. The molecule has 24 heavy (non-hydrogen) atoms. The zero-order valence-electron chi connectivity index (χ0n) is 13.2. The number of rotatable bonds is 5. The maximum absolute atomic E-state index is 13.0. The number of oxazole rings is 1. The molecule has 1 saturated heterocycles. The molecule has 0 saturated carbocycles. The van der Waals surface area contributed by atoms with Crippen LogP contribution in [-0.2, 0) is 13.1 Å². The molecular weight excluding hydrogens is 309 g/mol. The lowest BCUT2D eigenvalue weighted by Crippen LogP contribution is -2.32. The predicted octanol–water partition coefficient (Wildman–Crippen LogP) is 2.74. The van der Waals surface area contributed by atoms with Crippen molar-refractivity contribution in [3.63, 3.8) is 0 Å². The van der Waals surface area contributed by atoms with Crippen molar-refractivity contribution in [3.05, 3.63) is 54.7 Å². The number of aromatic nitrogens is 4. The van der Waals surface area contributed by atoms with Gasteiger partial charge < -0.3 is 4.42 Å². The summed E-state index contributed by atoms with van der Waals surface area (Å²) >= 11 is 0. The van der Waals surface area contributed by atoms with Crippen molar-refractivity contribution in [2.45, 2.75) is 32.0 Å². The average Bonchev–Trinajstić information content (AvgIpc) is 3.32. The molecule has 1 unspecified atom stereocenters. The molecule has 7 heteroatoms. The Balaban J connectivity index is 1.44. The minimum Gasteiger partial charge on any atom is -0.444 e. The third-order valence-corrected chi connectivity index (χ3v) is 4.37. The van der Waals surface area contributed by atoms with Gasteiger partial charge in [0.2, 0.25) is 5.89 Å². The second-order valence-electron chi connectivity index (χ2n) is 6.03. The molecule has 1 fully saturated rings. The van der Waals surface area contributed by atoms with Crippen molar-refractivity contribution < 1.29 is 8.81 Å². The monoisotopic (exact) mass is 327 g/mol. The lowest BCUT2D eigenvalue weighted by molar-refractivity contribution is 0.216. The third-order valence-electron chi connectivity index (χ3n) is 4.37. The summed E-state index contributed by atoms with van der Waals surface area (Å²) in [6, 6.07) is 6.60. The van der Waals surface area contributed by atoms with E-state index in [0.717, 1.165) is 37.3 Å². The lowest BCUT2D eigenvalue weighted by atomic mass is 10.2. The summed E-state index contributed by atoms with van der Waals surface area (Å²) in [4.78, 5) is 10.9. The molecule has 0 radical (unpaired) electrons. The normalized spacial score (nSPS) is 18.3. The molecule has 1 aromatic carbocycles. The number of benzene rings is 1. The first kappa shape index (κ1) is 15.0. The Hall–Kier alpha value is -2.54. The Morgan fingerprint density at radius 1 is 1.25 bits per heavy atom. The molecule has 4 rings (SSSR count). The highest BCUT2D eigenvalue weighted by Gasteiger charge is 2.26. The van der Waals surface area contributed by atoms with Crippen molar-refractivity contribution in [2.24, 2.45) is 0 Å². The molecule has 1 aliphatic heterocycles.